The molecule has 0 amide bonds. The molecule has 1 aliphatic rings. The average Bonchev–Trinajstić information content (AvgIpc) is 2.30. The molecule has 1 heterocycles. The Morgan fingerprint density at radius 3 is 2.40 bits per heavy atom. The molecule has 1 aromatic carbocycles. The summed E-state index contributed by atoms with van der Waals surface area (Å²) in [7, 11) is 0. The number of hydrogen-bond donors (Lipinski definition) is 0. The van der Waals surface area contributed by atoms with E-state index in [1.54, 1.807) is 6.07 Å². The van der Waals surface area contributed by atoms with Crippen molar-refractivity contribution >= 4 is 5.69 Å². The third kappa shape index (κ3) is 2.12. The largest absolute Gasteiger partial charge is 0.374 e. The van der Waals surface area contributed by atoms with E-state index in [2.05, 4.69) is 16.4 Å². The van der Waals surface area contributed by atoms with Crippen molar-refractivity contribution < 1.29 is 4.39 Å². The molecule has 0 spiro atoms. The minimum Gasteiger partial charge on any atom is -0.374 e. The quantitative estimate of drug-likeness (QED) is 0.731. The van der Waals surface area contributed by atoms with Gasteiger partial charge in [-0.15, -0.1) is 0 Å². The highest BCUT2D eigenvalue weighted by Gasteiger charge is 2.16. The fourth-order valence-corrected chi connectivity index (χ4v) is 1.85. The normalized spacial score (nSPS) is 16.6. The highest BCUT2D eigenvalue weighted by molar-refractivity contribution is 5.48. The molecule has 2 rings (SSSR count). The average molecular weight is 206 g/mol. The molecule has 1 aromatic rings. The minimum absolute atomic E-state index is 0.135. The van der Waals surface area contributed by atoms with Crippen molar-refractivity contribution in [1.82, 2.24) is 4.90 Å². The van der Waals surface area contributed by atoms with Gasteiger partial charge in [0.25, 0.3) is 0 Å². The van der Waals surface area contributed by atoms with Gasteiger partial charge in [-0.3, -0.25) is 0 Å². The Morgan fingerprint density at radius 1 is 1.13 bits per heavy atom. The Balaban J connectivity index is 2.07. The number of para-hydroxylation sites is 1. The van der Waals surface area contributed by atoms with Crippen molar-refractivity contribution in [2.75, 3.05) is 31.1 Å². The lowest BCUT2D eigenvalue weighted by Gasteiger charge is -2.35. The molecule has 1 aliphatic heterocycles. The molecule has 2 nitrogen and oxygen atoms in total. The van der Waals surface area contributed by atoms with Gasteiger partial charge in [-0.05, 0) is 18.3 Å². The summed E-state index contributed by atoms with van der Waals surface area (Å²) >= 11 is 0. The van der Waals surface area contributed by atoms with Crippen molar-refractivity contribution in [3.8, 4) is 0 Å². The van der Waals surface area contributed by atoms with Gasteiger partial charge in [-0.25, -0.2) is 4.39 Å². The first kappa shape index (κ1) is 10.0. The fraction of sp³-hybridized carbons (Fsp3) is 0.333. The van der Waals surface area contributed by atoms with Crippen LogP contribution in [0.25, 0.3) is 0 Å². The van der Waals surface area contributed by atoms with E-state index in [-0.39, 0.29) is 5.82 Å². The standard InChI is InChI=1S/C12H15FN2/c1-2-14-7-9-15(10-8-14)12-6-4-3-5-11(12)13/h2-6H,1,7-10H2. The summed E-state index contributed by atoms with van der Waals surface area (Å²) in [5, 5.41) is 0. The fourth-order valence-electron chi connectivity index (χ4n) is 1.85. The van der Waals surface area contributed by atoms with E-state index in [0.717, 1.165) is 26.2 Å². The number of nitrogens with zero attached hydrogens (tertiary/aromatic N) is 2. The van der Waals surface area contributed by atoms with Crippen LogP contribution >= 0.6 is 0 Å². The highest BCUT2D eigenvalue weighted by atomic mass is 19.1. The zero-order chi connectivity index (χ0) is 10.7. The number of anilines is 1. The van der Waals surface area contributed by atoms with Crippen LogP contribution in [-0.4, -0.2) is 31.1 Å². The molecule has 1 fully saturated rings. The van der Waals surface area contributed by atoms with E-state index in [0.29, 0.717) is 5.69 Å². The first-order chi connectivity index (χ1) is 7.31. The van der Waals surface area contributed by atoms with E-state index in [1.807, 2.05) is 18.3 Å². The van der Waals surface area contributed by atoms with Gasteiger partial charge >= 0.3 is 0 Å². The Kier molecular flexibility index (Phi) is 2.90. The van der Waals surface area contributed by atoms with Gasteiger partial charge in [0.1, 0.15) is 5.82 Å². The van der Waals surface area contributed by atoms with Crippen LogP contribution in [0.3, 0.4) is 0 Å². The summed E-state index contributed by atoms with van der Waals surface area (Å²) in [5.74, 6) is -0.135. The summed E-state index contributed by atoms with van der Waals surface area (Å²) < 4.78 is 13.5. The van der Waals surface area contributed by atoms with E-state index in [1.165, 1.54) is 6.07 Å². The van der Waals surface area contributed by atoms with Crippen molar-refractivity contribution in [3.05, 3.63) is 42.9 Å². The van der Waals surface area contributed by atoms with Crippen LogP contribution in [0.4, 0.5) is 10.1 Å². The van der Waals surface area contributed by atoms with Crippen molar-refractivity contribution in [3.63, 3.8) is 0 Å². The SMILES string of the molecule is C=CN1CCN(c2ccccc2F)CC1. The molecule has 0 radical (unpaired) electrons. The lowest BCUT2D eigenvalue weighted by Crippen LogP contribution is -2.44. The molecule has 0 aliphatic carbocycles. The van der Waals surface area contributed by atoms with Gasteiger partial charge in [0.15, 0.2) is 0 Å². The van der Waals surface area contributed by atoms with Gasteiger partial charge in [0.05, 0.1) is 5.69 Å². The number of rotatable bonds is 2. The summed E-state index contributed by atoms with van der Waals surface area (Å²) in [6.07, 6.45) is 1.85. The van der Waals surface area contributed by atoms with Crippen LogP contribution in [0.15, 0.2) is 37.0 Å². The second kappa shape index (κ2) is 4.34. The topological polar surface area (TPSA) is 6.48 Å². The molecule has 0 saturated carbocycles. The summed E-state index contributed by atoms with van der Waals surface area (Å²) in [5.41, 5.74) is 0.709. The first-order valence-electron chi connectivity index (χ1n) is 5.17. The van der Waals surface area contributed by atoms with E-state index >= 15 is 0 Å². The zero-order valence-corrected chi connectivity index (χ0v) is 8.69. The van der Waals surface area contributed by atoms with Gasteiger partial charge < -0.3 is 9.80 Å². The van der Waals surface area contributed by atoms with E-state index in [4.69, 9.17) is 0 Å². The molecule has 0 bridgehead atoms. The molecule has 0 aromatic heterocycles. The molecule has 0 unspecified atom stereocenters. The summed E-state index contributed by atoms with van der Waals surface area (Å²) in [6, 6.07) is 6.94. The maximum atomic E-state index is 13.5. The highest BCUT2D eigenvalue weighted by Crippen LogP contribution is 2.19. The van der Waals surface area contributed by atoms with Gasteiger partial charge in [0.2, 0.25) is 0 Å². The molecule has 15 heavy (non-hydrogen) atoms. The van der Waals surface area contributed by atoms with Crippen LogP contribution in [0.2, 0.25) is 0 Å². The Labute approximate surface area is 89.6 Å². The van der Waals surface area contributed by atoms with Crippen LogP contribution in [0.5, 0.6) is 0 Å². The summed E-state index contributed by atoms with van der Waals surface area (Å²) in [4.78, 5) is 4.23. The Hall–Kier alpha value is -1.51. The third-order valence-corrected chi connectivity index (χ3v) is 2.77. The van der Waals surface area contributed by atoms with Crippen molar-refractivity contribution in [2.45, 2.75) is 0 Å². The van der Waals surface area contributed by atoms with Crippen LogP contribution in [0, 0.1) is 5.82 Å². The molecule has 0 atom stereocenters. The summed E-state index contributed by atoms with van der Waals surface area (Å²) in [6.45, 7) is 7.27. The van der Waals surface area contributed by atoms with Gasteiger partial charge in [-0.1, -0.05) is 18.7 Å². The van der Waals surface area contributed by atoms with Gasteiger partial charge in [0, 0.05) is 26.2 Å². The van der Waals surface area contributed by atoms with Crippen molar-refractivity contribution in [2.24, 2.45) is 0 Å². The number of benzene rings is 1. The van der Waals surface area contributed by atoms with Crippen LogP contribution in [0.1, 0.15) is 0 Å². The molecule has 80 valence electrons. The second-order valence-corrected chi connectivity index (χ2v) is 3.66. The van der Waals surface area contributed by atoms with Gasteiger partial charge in [-0.2, -0.15) is 0 Å². The predicted molar refractivity (Wildman–Crippen MR) is 60.4 cm³/mol. The Morgan fingerprint density at radius 2 is 1.80 bits per heavy atom. The lowest BCUT2D eigenvalue weighted by atomic mass is 10.2. The van der Waals surface area contributed by atoms with Crippen molar-refractivity contribution in [1.29, 1.82) is 0 Å². The zero-order valence-electron chi connectivity index (χ0n) is 8.69. The van der Waals surface area contributed by atoms with Crippen LogP contribution < -0.4 is 4.90 Å². The first-order valence-corrected chi connectivity index (χ1v) is 5.17. The van der Waals surface area contributed by atoms with Crippen LogP contribution in [-0.2, 0) is 0 Å². The number of piperazine rings is 1. The molecule has 3 heteroatoms. The molecular formula is C12H15FN2. The number of hydrogen-bond acceptors (Lipinski definition) is 2. The second-order valence-electron chi connectivity index (χ2n) is 3.66. The molecule has 1 saturated heterocycles. The predicted octanol–water partition coefficient (Wildman–Crippen LogP) is 2.09. The molecular weight excluding hydrogens is 191 g/mol. The monoisotopic (exact) mass is 206 g/mol. The lowest BCUT2D eigenvalue weighted by molar-refractivity contribution is 0.348. The molecule has 0 N–H and O–H groups in total. The van der Waals surface area contributed by atoms with E-state index < -0.39 is 0 Å². The smallest absolute Gasteiger partial charge is 0.146 e. The number of halogens is 1. The Bertz CT molecular complexity index is 343. The maximum Gasteiger partial charge on any atom is 0.146 e. The minimum atomic E-state index is -0.135. The third-order valence-electron chi connectivity index (χ3n) is 2.77. The maximum absolute atomic E-state index is 13.5. The van der Waals surface area contributed by atoms with E-state index in [9.17, 15) is 4.39 Å².